The van der Waals surface area contributed by atoms with Crippen LogP contribution in [0, 0.1) is 0 Å². The second kappa shape index (κ2) is 5.41. The van der Waals surface area contributed by atoms with Gasteiger partial charge in [-0.1, -0.05) is 0 Å². The van der Waals surface area contributed by atoms with E-state index in [4.69, 9.17) is 15.3 Å². The van der Waals surface area contributed by atoms with Gasteiger partial charge in [0.25, 0.3) is 0 Å². The van der Waals surface area contributed by atoms with Gasteiger partial charge in [-0.25, -0.2) is 10.5 Å². The van der Waals surface area contributed by atoms with Crippen molar-refractivity contribution in [2.45, 2.75) is 19.4 Å². The van der Waals surface area contributed by atoms with E-state index in [0.29, 0.717) is 17.0 Å². The number of aromatic carboxylic acids is 1. The summed E-state index contributed by atoms with van der Waals surface area (Å²) in [6, 6.07) is 9.71. The van der Waals surface area contributed by atoms with Crippen LogP contribution < -0.4 is 11.1 Å². The summed E-state index contributed by atoms with van der Waals surface area (Å²) in [5.74, 6) is -1.21. The molecule has 0 aliphatic rings. The number of rotatable bonds is 4. The minimum absolute atomic E-state index is 0.127. The van der Waals surface area contributed by atoms with Crippen LogP contribution in [-0.2, 0) is 4.79 Å². The number of amides is 1. The molecular weight excluding hydrogens is 272 g/mol. The number of carboxylic acids is 1. The van der Waals surface area contributed by atoms with E-state index < -0.39 is 17.4 Å². The van der Waals surface area contributed by atoms with E-state index in [2.05, 4.69) is 5.32 Å². The molecule has 3 N–H and O–H groups in total. The second-order valence-corrected chi connectivity index (χ2v) is 5.13. The monoisotopic (exact) mass is 287 g/mol. The Morgan fingerprint density at radius 3 is 2.24 bits per heavy atom. The van der Waals surface area contributed by atoms with Crippen LogP contribution in [0.15, 0.2) is 40.8 Å². The van der Waals surface area contributed by atoms with Crippen molar-refractivity contribution in [3.8, 4) is 11.3 Å². The summed E-state index contributed by atoms with van der Waals surface area (Å²) in [5, 5.41) is 11.4. The lowest BCUT2D eigenvalue weighted by molar-refractivity contribution is -0.120. The Morgan fingerprint density at radius 2 is 1.76 bits per heavy atom. The van der Waals surface area contributed by atoms with Crippen LogP contribution in [0.2, 0.25) is 0 Å². The van der Waals surface area contributed by atoms with Crippen molar-refractivity contribution < 1.29 is 19.1 Å². The molecule has 109 valence electrons. The maximum Gasteiger partial charge on any atom is 0.371 e. The molecule has 1 amide bonds. The van der Waals surface area contributed by atoms with E-state index in [1.807, 2.05) is 0 Å². The predicted octanol–water partition coefficient (Wildman–Crippen LogP) is 2.64. The number of nitrogens with one attached hydrogen (secondary N) is 2. The maximum absolute atomic E-state index is 11.7. The van der Waals surface area contributed by atoms with E-state index in [1.54, 1.807) is 30.3 Å². The average Bonchev–Trinajstić information content (AvgIpc) is 2.88. The maximum atomic E-state index is 11.7. The van der Waals surface area contributed by atoms with Crippen molar-refractivity contribution in [1.82, 2.24) is 5.73 Å². The van der Waals surface area contributed by atoms with Crippen molar-refractivity contribution in [2.75, 3.05) is 5.32 Å². The van der Waals surface area contributed by atoms with Crippen molar-refractivity contribution in [3.63, 3.8) is 0 Å². The van der Waals surface area contributed by atoms with Crippen molar-refractivity contribution >= 4 is 17.6 Å². The lowest BCUT2D eigenvalue weighted by atomic mass is 10.1. The first kappa shape index (κ1) is 14.8. The lowest BCUT2D eigenvalue weighted by Crippen LogP contribution is -2.38. The Labute approximate surface area is 121 Å². The molecule has 0 aliphatic heterocycles. The SMILES string of the molecule is CC(C)([NH])C(=O)Nc1ccc(-c2ccc(C(=O)O)o2)cc1. The third-order valence-electron chi connectivity index (χ3n) is 2.81. The average molecular weight is 287 g/mol. The molecular formula is C15H15N2O4. The van der Waals surface area contributed by atoms with E-state index in [1.165, 1.54) is 19.9 Å². The molecule has 0 spiro atoms. The summed E-state index contributed by atoms with van der Waals surface area (Å²) in [5.41, 5.74) is 7.68. The smallest absolute Gasteiger partial charge is 0.371 e. The van der Waals surface area contributed by atoms with Crippen LogP contribution in [0.5, 0.6) is 0 Å². The molecule has 1 radical (unpaired) electrons. The molecule has 0 aliphatic carbocycles. The molecule has 0 unspecified atom stereocenters. The Morgan fingerprint density at radius 1 is 1.14 bits per heavy atom. The van der Waals surface area contributed by atoms with Crippen LogP contribution in [0.1, 0.15) is 24.4 Å². The highest BCUT2D eigenvalue weighted by Gasteiger charge is 2.22. The summed E-state index contributed by atoms with van der Waals surface area (Å²) in [7, 11) is 0. The first-order valence-electron chi connectivity index (χ1n) is 6.27. The van der Waals surface area contributed by atoms with Gasteiger partial charge in [0.15, 0.2) is 0 Å². The minimum atomic E-state index is -1.21. The number of benzene rings is 1. The third kappa shape index (κ3) is 3.49. The highest BCUT2D eigenvalue weighted by molar-refractivity contribution is 5.97. The molecule has 0 bridgehead atoms. The molecule has 0 fully saturated rings. The van der Waals surface area contributed by atoms with E-state index in [-0.39, 0.29) is 5.76 Å². The number of hydrogen-bond donors (Lipinski definition) is 2. The molecule has 2 aromatic rings. The van der Waals surface area contributed by atoms with Gasteiger partial charge in [0.05, 0.1) is 0 Å². The molecule has 1 heterocycles. The largest absolute Gasteiger partial charge is 0.475 e. The lowest BCUT2D eigenvalue weighted by Gasteiger charge is -2.16. The summed E-state index contributed by atoms with van der Waals surface area (Å²) < 4.78 is 5.19. The quantitative estimate of drug-likeness (QED) is 0.902. The second-order valence-electron chi connectivity index (χ2n) is 5.13. The van der Waals surface area contributed by atoms with Gasteiger partial charge in [0.1, 0.15) is 11.3 Å². The van der Waals surface area contributed by atoms with Gasteiger partial charge in [0, 0.05) is 11.3 Å². The molecule has 6 nitrogen and oxygen atoms in total. The van der Waals surface area contributed by atoms with Crippen LogP contribution in [0.3, 0.4) is 0 Å². The van der Waals surface area contributed by atoms with Crippen molar-refractivity contribution in [3.05, 3.63) is 42.2 Å². The highest BCUT2D eigenvalue weighted by atomic mass is 16.4. The fourth-order valence-electron chi connectivity index (χ4n) is 1.61. The van der Waals surface area contributed by atoms with Crippen LogP contribution >= 0.6 is 0 Å². The number of carbonyl (C=O) groups excluding carboxylic acids is 1. The highest BCUT2D eigenvalue weighted by Crippen LogP contribution is 2.24. The Kier molecular flexibility index (Phi) is 3.82. The summed E-state index contributed by atoms with van der Waals surface area (Å²) in [6.07, 6.45) is 0. The van der Waals surface area contributed by atoms with Crippen LogP contribution in [0.4, 0.5) is 5.69 Å². The van der Waals surface area contributed by atoms with Gasteiger partial charge < -0.3 is 14.8 Å². The molecule has 21 heavy (non-hydrogen) atoms. The van der Waals surface area contributed by atoms with Gasteiger partial charge in [0.2, 0.25) is 11.7 Å². The standard InChI is InChI=1S/C15H15N2O4/c1-15(2,16)14(20)17-10-5-3-9(4-6-10)11-7-8-12(21-11)13(18)19/h3-8,16H,1-2H3,(H,17,20)(H,18,19). The Bertz CT molecular complexity index is 666. The third-order valence-corrected chi connectivity index (χ3v) is 2.81. The van der Waals surface area contributed by atoms with E-state index in [0.717, 1.165) is 0 Å². The first-order valence-corrected chi connectivity index (χ1v) is 6.27. The zero-order valence-electron chi connectivity index (χ0n) is 11.6. The van der Waals surface area contributed by atoms with Crippen molar-refractivity contribution in [1.29, 1.82) is 0 Å². The van der Waals surface area contributed by atoms with Gasteiger partial charge >= 0.3 is 5.97 Å². The Hall–Kier alpha value is -2.60. The summed E-state index contributed by atoms with van der Waals surface area (Å²) in [6.45, 7) is 3.01. The molecule has 1 aromatic carbocycles. The molecule has 0 saturated carbocycles. The number of furan rings is 1. The van der Waals surface area contributed by atoms with Crippen LogP contribution in [0.25, 0.3) is 11.3 Å². The number of carbonyl (C=O) groups is 2. The Balaban J connectivity index is 2.15. The number of carboxylic acid groups (broad SMARTS) is 1. The van der Waals surface area contributed by atoms with Crippen LogP contribution in [-0.4, -0.2) is 22.5 Å². The minimum Gasteiger partial charge on any atom is -0.475 e. The molecule has 6 heteroatoms. The molecule has 1 aromatic heterocycles. The van der Waals surface area contributed by atoms with Gasteiger partial charge in [-0.3, -0.25) is 4.79 Å². The zero-order valence-corrected chi connectivity index (χ0v) is 11.6. The van der Waals surface area contributed by atoms with Gasteiger partial charge in [-0.15, -0.1) is 0 Å². The summed E-state index contributed by atoms with van der Waals surface area (Å²) in [4.78, 5) is 22.4. The normalized spacial score (nSPS) is 11.2. The summed E-state index contributed by atoms with van der Waals surface area (Å²) >= 11 is 0. The van der Waals surface area contributed by atoms with Crippen molar-refractivity contribution in [2.24, 2.45) is 0 Å². The predicted molar refractivity (Wildman–Crippen MR) is 76.9 cm³/mol. The molecule has 0 saturated heterocycles. The topological polar surface area (TPSA) is 103 Å². The fourth-order valence-corrected chi connectivity index (χ4v) is 1.61. The fraction of sp³-hybridized carbons (Fsp3) is 0.200. The van der Waals surface area contributed by atoms with Gasteiger partial charge in [-0.05, 0) is 50.2 Å². The van der Waals surface area contributed by atoms with E-state index in [9.17, 15) is 9.59 Å². The number of anilines is 1. The van der Waals surface area contributed by atoms with Gasteiger partial charge in [-0.2, -0.15) is 0 Å². The molecule has 2 rings (SSSR count). The first-order chi connectivity index (χ1) is 9.77. The number of hydrogen-bond acceptors (Lipinski definition) is 3. The van der Waals surface area contributed by atoms with E-state index >= 15 is 0 Å². The zero-order chi connectivity index (χ0) is 15.6. The molecule has 0 atom stereocenters.